The number of aromatic amines is 1. The number of carboxylic acids is 1. The molecule has 0 bridgehead atoms. The van der Waals surface area contributed by atoms with E-state index in [4.69, 9.17) is 14.6 Å². The molecule has 1 aromatic carbocycles. The highest BCUT2D eigenvalue weighted by Gasteiger charge is 2.48. The molecule has 0 amide bonds. The van der Waals surface area contributed by atoms with Crippen LogP contribution in [-0.2, 0) is 9.53 Å². The smallest absolute Gasteiger partial charge is 0.335 e. The molecule has 0 radical (unpaired) electrons. The van der Waals surface area contributed by atoms with Crippen LogP contribution >= 0.6 is 0 Å². The Bertz CT molecular complexity index is 685. The minimum absolute atomic E-state index is 0.340. The Morgan fingerprint density at radius 1 is 1.14 bits per heavy atom. The fourth-order valence-corrected chi connectivity index (χ4v) is 2.42. The van der Waals surface area contributed by atoms with E-state index in [1.807, 2.05) is 12.1 Å². The molecule has 3 rings (SSSR count). The van der Waals surface area contributed by atoms with Gasteiger partial charge in [0.25, 0.3) is 0 Å². The Hall–Kier alpha value is -2.13. The van der Waals surface area contributed by atoms with Crippen LogP contribution in [0.5, 0.6) is 5.75 Å². The second kappa shape index (κ2) is 5.58. The van der Waals surface area contributed by atoms with E-state index in [1.165, 1.54) is 6.20 Å². The standard InChI is InChI=1S/C14H15NO7/c16-9-10(17)12(13(19)20)22-14(11(9)18)21-8-5-15-7-4-2-1-3-6(7)8/h1-5,9-12,14-18H,(H,19,20). The summed E-state index contributed by atoms with van der Waals surface area (Å²) in [6.07, 6.45) is -6.58. The van der Waals surface area contributed by atoms with Gasteiger partial charge in [0.15, 0.2) is 6.10 Å². The number of carbonyl (C=O) groups is 1. The largest absolute Gasteiger partial charge is 0.479 e. The van der Waals surface area contributed by atoms with Gasteiger partial charge in [0.2, 0.25) is 6.29 Å². The fraction of sp³-hybridized carbons (Fsp3) is 0.357. The molecule has 2 aromatic rings. The third kappa shape index (κ3) is 2.42. The van der Waals surface area contributed by atoms with Crippen LogP contribution in [-0.4, -0.2) is 62.1 Å². The number of aliphatic hydroxyl groups excluding tert-OH is 3. The first-order valence-corrected chi connectivity index (χ1v) is 6.64. The van der Waals surface area contributed by atoms with Crippen LogP contribution in [0.4, 0.5) is 0 Å². The Morgan fingerprint density at radius 2 is 1.86 bits per heavy atom. The second-order valence-corrected chi connectivity index (χ2v) is 5.05. The maximum atomic E-state index is 11.0. The lowest BCUT2D eigenvalue weighted by molar-refractivity contribution is -0.270. The van der Waals surface area contributed by atoms with Crippen molar-refractivity contribution in [3.05, 3.63) is 30.5 Å². The van der Waals surface area contributed by atoms with Crippen LogP contribution in [0, 0.1) is 0 Å². The minimum Gasteiger partial charge on any atom is -0.479 e. The van der Waals surface area contributed by atoms with Gasteiger partial charge in [0.1, 0.15) is 24.1 Å². The normalized spacial score (nSPS) is 32.0. The minimum atomic E-state index is -1.74. The monoisotopic (exact) mass is 309 g/mol. The topological polar surface area (TPSA) is 132 Å². The number of ether oxygens (including phenoxy) is 2. The number of rotatable bonds is 3. The molecule has 1 saturated heterocycles. The van der Waals surface area contributed by atoms with Gasteiger partial charge < -0.3 is 34.9 Å². The van der Waals surface area contributed by atoms with Crippen LogP contribution in [0.25, 0.3) is 10.9 Å². The van der Waals surface area contributed by atoms with Crippen molar-refractivity contribution in [2.24, 2.45) is 0 Å². The van der Waals surface area contributed by atoms with Crippen LogP contribution in [0.1, 0.15) is 0 Å². The number of aromatic nitrogens is 1. The number of aliphatic carboxylic acids is 1. The number of hydrogen-bond acceptors (Lipinski definition) is 6. The van der Waals surface area contributed by atoms with Crippen molar-refractivity contribution in [1.29, 1.82) is 0 Å². The average molecular weight is 309 g/mol. The van der Waals surface area contributed by atoms with Crippen LogP contribution in [0.15, 0.2) is 30.5 Å². The summed E-state index contributed by atoms with van der Waals surface area (Å²) in [6, 6.07) is 7.21. The van der Waals surface area contributed by atoms with Gasteiger partial charge in [-0.05, 0) is 12.1 Å². The molecule has 0 saturated carbocycles. The zero-order valence-corrected chi connectivity index (χ0v) is 11.3. The van der Waals surface area contributed by atoms with Gasteiger partial charge in [-0.15, -0.1) is 0 Å². The SMILES string of the molecule is O=C(O)C1OC(Oc2c[nH]c3ccccc23)C(O)C(O)C1O. The number of nitrogens with one attached hydrogen (secondary N) is 1. The Kier molecular flexibility index (Phi) is 3.75. The van der Waals surface area contributed by atoms with Gasteiger partial charge in [0, 0.05) is 17.1 Å². The van der Waals surface area contributed by atoms with Crippen LogP contribution in [0.3, 0.4) is 0 Å². The highest BCUT2D eigenvalue weighted by Crippen LogP contribution is 2.29. The predicted molar refractivity (Wildman–Crippen MR) is 73.2 cm³/mol. The van der Waals surface area contributed by atoms with Crippen LogP contribution < -0.4 is 4.74 Å². The molecule has 22 heavy (non-hydrogen) atoms. The van der Waals surface area contributed by atoms with E-state index < -0.39 is 36.7 Å². The first kappa shape index (κ1) is 14.8. The number of fused-ring (bicyclic) bond motifs is 1. The van der Waals surface area contributed by atoms with Gasteiger partial charge in [-0.25, -0.2) is 4.79 Å². The molecule has 0 aliphatic carbocycles. The van der Waals surface area contributed by atoms with Crippen molar-refractivity contribution in [2.45, 2.75) is 30.7 Å². The summed E-state index contributed by atoms with van der Waals surface area (Å²) in [5.41, 5.74) is 0.790. The van der Waals surface area contributed by atoms with E-state index >= 15 is 0 Å². The highest BCUT2D eigenvalue weighted by atomic mass is 16.7. The summed E-state index contributed by atoms with van der Waals surface area (Å²) < 4.78 is 10.6. The quantitative estimate of drug-likeness (QED) is 0.513. The van der Waals surface area contributed by atoms with Crippen molar-refractivity contribution in [2.75, 3.05) is 0 Å². The zero-order valence-electron chi connectivity index (χ0n) is 11.3. The Labute approximate surface area is 124 Å². The van der Waals surface area contributed by atoms with E-state index in [0.717, 1.165) is 5.52 Å². The predicted octanol–water partition coefficient (Wildman–Crippen LogP) is -0.561. The lowest BCUT2D eigenvalue weighted by Crippen LogP contribution is -2.61. The molecule has 1 fully saturated rings. The molecule has 8 heteroatoms. The molecule has 118 valence electrons. The first-order chi connectivity index (χ1) is 10.5. The van der Waals surface area contributed by atoms with Gasteiger partial charge >= 0.3 is 5.97 Å². The molecule has 2 heterocycles. The molecular weight excluding hydrogens is 294 g/mol. The lowest BCUT2D eigenvalue weighted by atomic mass is 9.99. The van der Waals surface area contributed by atoms with E-state index in [-0.39, 0.29) is 0 Å². The number of H-pyrrole nitrogens is 1. The summed E-state index contributed by atoms with van der Waals surface area (Å²) in [7, 11) is 0. The molecule has 1 aliphatic rings. The van der Waals surface area contributed by atoms with Crippen molar-refractivity contribution in [3.63, 3.8) is 0 Å². The van der Waals surface area contributed by atoms with E-state index in [0.29, 0.717) is 11.1 Å². The first-order valence-electron chi connectivity index (χ1n) is 6.64. The lowest BCUT2D eigenvalue weighted by Gasteiger charge is -2.38. The molecule has 1 aliphatic heterocycles. The van der Waals surface area contributed by atoms with E-state index in [9.17, 15) is 20.1 Å². The van der Waals surface area contributed by atoms with E-state index in [2.05, 4.69) is 4.98 Å². The molecule has 0 spiro atoms. The molecule has 5 unspecified atom stereocenters. The second-order valence-electron chi connectivity index (χ2n) is 5.05. The van der Waals surface area contributed by atoms with Crippen molar-refractivity contribution >= 4 is 16.9 Å². The third-order valence-corrected chi connectivity index (χ3v) is 3.61. The average Bonchev–Trinajstić information content (AvgIpc) is 2.91. The molecular formula is C14H15NO7. The van der Waals surface area contributed by atoms with Crippen molar-refractivity contribution in [1.82, 2.24) is 4.98 Å². The Morgan fingerprint density at radius 3 is 2.59 bits per heavy atom. The number of aliphatic hydroxyl groups is 3. The van der Waals surface area contributed by atoms with Gasteiger partial charge in [0.05, 0.1) is 0 Å². The summed E-state index contributed by atoms with van der Waals surface area (Å²) in [5.74, 6) is -1.11. The number of benzene rings is 1. The highest BCUT2D eigenvalue weighted by molar-refractivity contribution is 5.85. The summed E-state index contributed by atoms with van der Waals surface area (Å²) in [5, 5.41) is 39.0. The van der Waals surface area contributed by atoms with Crippen molar-refractivity contribution in [3.8, 4) is 5.75 Å². The van der Waals surface area contributed by atoms with Crippen molar-refractivity contribution < 1.29 is 34.7 Å². The molecule has 1 aromatic heterocycles. The zero-order chi connectivity index (χ0) is 15.9. The number of carboxylic acid groups (broad SMARTS) is 1. The van der Waals surface area contributed by atoms with Crippen LogP contribution in [0.2, 0.25) is 0 Å². The number of para-hydroxylation sites is 1. The Balaban J connectivity index is 1.85. The number of hydrogen-bond donors (Lipinski definition) is 5. The molecule has 8 nitrogen and oxygen atoms in total. The van der Waals surface area contributed by atoms with Gasteiger partial charge in [-0.1, -0.05) is 12.1 Å². The molecule has 5 N–H and O–H groups in total. The molecule has 5 atom stereocenters. The van der Waals surface area contributed by atoms with E-state index in [1.54, 1.807) is 12.1 Å². The van der Waals surface area contributed by atoms with Gasteiger partial charge in [-0.2, -0.15) is 0 Å². The third-order valence-electron chi connectivity index (χ3n) is 3.61. The fourth-order valence-electron chi connectivity index (χ4n) is 2.42. The summed E-state index contributed by atoms with van der Waals surface area (Å²) in [6.45, 7) is 0. The summed E-state index contributed by atoms with van der Waals surface area (Å²) in [4.78, 5) is 14.0. The maximum absolute atomic E-state index is 11.0. The summed E-state index contributed by atoms with van der Waals surface area (Å²) >= 11 is 0. The van der Waals surface area contributed by atoms with Gasteiger partial charge in [-0.3, -0.25) is 0 Å². The maximum Gasteiger partial charge on any atom is 0.335 e.